The first-order valence-electron chi connectivity index (χ1n) is 6.48. The minimum absolute atomic E-state index is 0.142. The van der Waals surface area contributed by atoms with Gasteiger partial charge < -0.3 is 5.73 Å². The van der Waals surface area contributed by atoms with E-state index in [4.69, 9.17) is 5.73 Å². The highest BCUT2D eigenvalue weighted by atomic mass is 19.1. The van der Waals surface area contributed by atoms with Crippen LogP contribution in [0.25, 0.3) is 0 Å². The van der Waals surface area contributed by atoms with Crippen molar-refractivity contribution >= 4 is 0 Å². The number of hydrogen-bond acceptors (Lipinski definition) is 2. The van der Waals surface area contributed by atoms with Gasteiger partial charge in [-0.3, -0.25) is 4.90 Å². The van der Waals surface area contributed by atoms with E-state index in [9.17, 15) is 4.39 Å². The van der Waals surface area contributed by atoms with Gasteiger partial charge in [0.15, 0.2) is 0 Å². The normalized spacial score (nSPS) is 21.6. The minimum atomic E-state index is -0.142. The maximum absolute atomic E-state index is 13.0. The third kappa shape index (κ3) is 3.51. The van der Waals surface area contributed by atoms with Crippen LogP contribution in [0.2, 0.25) is 0 Å². The monoisotopic (exact) mass is 236 g/mol. The summed E-state index contributed by atoms with van der Waals surface area (Å²) in [6.45, 7) is 2.87. The zero-order valence-corrected chi connectivity index (χ0v) is 10.2. The summed E-state index contributed by atoms with van der Waals surface area (Å²) in [5, 5.41) is 0. The number of benzene rings is 1. The molecule has 0 unspecified atom stereocenters. The fraction of sp³-hybridized carbons (Fsp3) is 0.571. The number of nitrogens with zero attached hydrogens (tertiary/aromatic N) is 1. The molecule has 17 heavy (non-hydrogen) atoms. The molecule has 2 nitrogen and oxygen atoms in total. The zero-order valence-electron chi connectivity index (χ0n) is 10.2. The van der Waals surface area contributed by atoms with Crippen molar-refractivity contribution in [1.29, 1.82) is 0 Å². The van der Waals surface area contributed by atoms with Crippen LogP contribution in [0.1, 0.15) is 24.8 Å². The molecule has 1 fully saturated rings. The van der Waals surface area contributed by atoms with E-state index in [2.05, 4.69) is 4.90 Å². The number of piperidine rings is 1. The molecule has 1 saturated heterocycles. The van der Waals surface area contributed by atoms with Gasteiger partial charge in [0.1, 0.15) is 5.82 Å². The first-order chi connectivity index (χ1) is 8.29. The SMILES string of the molecule is NC[C@@H]1CCCCN1CCc1cccc(F)c1. The van der Waals surface area contributed by atoms with Crippen LogP contribution in [0.3, 0.4) is 0 Å². The largest absolute Gasteiger partial charge is 0.329 e. The average Bonchev–Trinajstić information content (AvgIpc) is 2.37. The summed E-state index contributed by atoms with van der Waals surface area (Å²) in [6.07, 6.45) is 4.67. The number of nitrogens with two attached hydrogens (primary N) is 1. The second kappa shape index (κ2) is 6.12. The third-order valence-electron chi connectivity index (χ3n) is 3.60. The van der Waals surface area contributed by atoms with Crippen LogP contribution in [0.15, 0.2) is 24.3 Å². The van der Waals surface area contributed by atoms with Gasteiger partial charge in [-0.15, -0.1) is 0 Å². The highest BCUT2D eigenvalue weighted by Gasteiger charge is 2.20. The molecule has 0 saturated carbocycles. The maximum atomic E-state index is 13.0. The van der Waals surface area contributed by atoms with Crippen LogP contribution in [0, 0.1) is 5.82 Å². The summed E-state index contributed by atoms with van der Waals surface area (Å²) in [7, 11) is 0. The predicted octanol–water partition coefficient (Wildman–Crippen LogP) is 2.18. The van der Waals surface area contributed by atoms with E-state index in [1.165, 1.54) is 25.3 Å². The maximum Gasteiger partial charge on any atom is 0.123 e. The molecular formula is C14H21FN2. The first-order valence-corrected chi connectivity index (χ1v) is 6.48. The van der Waals surface area contributed by atoms with Crippen LogP contribution in [0.5, 0.6) is 0 Å². The van der Waals surface area contributed by atoms with Gasteiger partial charge in [-0.2, -0.15) is 0 Å². The first kappa shape index (κ1) is 12.5. The van der Waals surface area contributed by atoms with E-state index < -0.39 is 0 Å². The summed E-state index contributed by atoms with van der Waals surface area (Å²) in [4.78, 5) is 2.45. The van der Waals surface area contributed by atoms with Gasteiger partial charge in [-0.1, -0.05) is 18.6 Å². The smallest absolute Gasteiger partial charge is 0.123 e. The van der Waals surface area contributed by atoms with Crippen molar-refractivity contribution in [2.75, 3.05) is 19.6 Å². The molecule has 1 aliphatic rings. The van der Waals surface area contributed by atoms with Gasteiger partial charge in [0, 0.05) is 19.1 Å². The summed E-state index contributed by atoms with van der Waals surface area (Å²) in [5.41, 5.74) is 6.86. The average molecular weight is 236 g/mol. The summed E-state index contributed by atoms with van der Waals surface area (Å²) in [5.74, 6) is -0.142. The number of likely N-dealkylation sites (tertiary alicyclic amines) is 1. The molecule has 0 aromatic heterocycles. The van der Waals surface area contributed by atoms with Crippen molar-refractivity contribution in [1.82, 2.24) is 4.90 Å². The Bertz CT molecular complexity index is 354. The van der Waals surface area contributed by atoms with E-state index in [1.54, 1.807) is 12.1 Å². The molecule has 0 bridgehead atoms. The lowest BCUT2D eigenvalue weighted by atomic mass is 10.0. The lowest BCUT2D eigenvalue weighted by Crippen LogP contribution is -2.44. The number of rotatable bonds is 4. The lowest BCUT2D eigenvalue weighted by molar-refractivity contribution is 0.155. The molecule has 2 rings (SSSR count). The quantitative estimate of drug-likeness (QED) is 0.868. The van der Waals surface area contributed by atoms with Crippen LogP contribution < -0.4 is 5.73 Å². The molecule has 1 aromatic carbocycles. The molecule has 1 heterocycles. The molecule has 1 aromatic rings. The second-order valence-corrected chi connectivity index (χ2v) is 4.80. The van der Waals surface area contributed by atoms with Crippen molar-refractivity contribution in [2.45, 2.75) is 31.7 Å². The van der Waals surface area contributed by atoms with Crippen molar-refractivity contribution in [3.8, 4) is 0 Å². The Morgan fingerprint density at radius 1 is 1.35 bits per heavy atom. The number of hydrogen-bond donors (Lipinski definition) is 1. The fourth-order valence-corrected chi connectivity index (χ4v) is 2.59. The highest BCUT2D eigenvalue weighted by molar-refractivity contribution is 5.16. The molecule has 1 atom stereocenters. The number of halogens is 1. The Kier molecular flexibility index (Phi) is 4.51. The topological polar surface area (TPSA) is 29.3 Å². The molecule has 1 aliphatic heterocycles. The molecule has 0 amide bonds. The van der Waals surface area contributed by atoms with E-state index in [0.717, 1.165) is 31.6 Å². The molecule has 2 N–H and O–H groups in total. The van der Waals surface area contributed by atoms with E-state index in [1.807, 2.05) is 6.07 Å². The Balaban J connectivity index is 1.88. The highest BCUT2D eigenvalue weighted by Crippen LogP contribution is 2.16. The Morgan fingerprint density at radius 3 is 3.00 bits per heavy atom. The van der Waals surface area contributed by atoms with Crippen LogP contribution in [0.4, 0.5) is 4.39 Å². The minimum Gasteiger partial charge on any atom is -0.329 e. The van der Waals surface area contributed by atoms with Gasteiger partial charge >= 0.3 is 0 Å². The predicted molar refractivity (Wildman–Crippen MR) is 68.4 cm³/mol. The van der Waals surface area contributed by atoms with E-state index in [0.29, 0.717) is 6.04 Å². The van der Waals surface area contributed by atoms with E-state index >= 15 is 0 Å². The fourth-order valence-electron chi connectivity index (χ4n) is 2.59. The van der Waals surface area contributed by atoms with Gasteiger partial charge in [0.2, 0.25) is 0 Å². The summed E-state index contributed by atoms with van der Waals surface area (Å²) in [6, 6.07) is 7.41. The van der Waals surface area contributed by atoms with Gasteiger partial charge in [0.25, 0.3) is 0 Å². The van der Waals surface area contributed by atoms with Crippen molar-refractivity contribution in [3.63, 3.8) is 0 Å². The summed E-state index contributed by atoms with van der Waals surface area (Å²) < 4.78 is 13.0. The van der Waals surface area contributed by atoms with Gasteiger partial charge in [-0.05, 0) is 43.5 Å². The van der Waals surface area contributed by atoms with Gasteiger partial charge in [0.05, 0.1) is 0 Å². The molecule has 0 spiro atoms. The van der Waals surface area contributed by atoms with Crippen LogP contribution >= 0.6 is 0 Å². The van der Waals surface area contributed by atoms with Gasteiger partial charge in [-0.25, -0.2) is 4.39 Å². The zero-order chi connectivity index (χ0) is 12.1. The lowest BCUT2D eigenvalue weighted by Gasteiger charge is -2.34. The standard InChI is InChI=1S/C14H21FN2/c15-13-5-3-4-12(10-13)7-9-17-8-2-1-6-14(17)11-16/h3-5,10,14H,1-2,6-9,11,16H2/t14-/m0/s1. The Morgan fingerprint density at radius 2 is 2.24 bits per heavy atom. The Hall–Kier alpha value is -0.930. The summed E-state index contributed by atoms with van der Waals surface area (Å²) >= 11 is 0. The van der Waals surface area contributed by atoms with Crippen molar-refractivity contribution in [3.05, 3.63) is 35.6 Å². The van der Waals surface area contributed by atoms with Crippen molar-refractivity contribution in [2.24, 2.45) is 5.73 Å². The van der Waals surface area contributed by atoms with Crippen LogP contribution in [-0.2, 0) is 6.42 Å². The molecule has 0 aliphatic carbocycles. The molecular weight excluding hydrogens is 215 g/mol. The Labute approximate surface area is 103 Å². The van der Waals surface area contributed by atoms with Crippen LogP contribution in [-0.4, -0.2) is 30.6 Å². The molecule has 3 heteroatoms. The van der Waals surface area contributed by atoms with E-state index in [-0.39, 0.29) is 5.82 Å². The van der Waals surface area contributed by atoms with Crippen molar-refractivity contribution < 1.29 is 4.39 Å². The second-order valence-electron chi connectivity index (χ2n) is 4.80. The molecule has 94 valence electrons. The molecule has 0 radical (unpaired) electrons. The third-order valence-corrected chi connectivity index (χ3v) is 3.60.